The molecule has 9 nitrogen and oxygen atoms in total. The van der Waals surface area contributed by atoms with Crippen molar-refractivity contribution in [2.45, 2.75) is 25.2 Å². The Morgan fingerprint density at radius 2 is 1.68 bits per heavy atom. The minimum absolute atomic E-state index is 0.0184. The normalized spacial score (nSPS) is 15.1. The average Bonchev–Trinajstić information content (AvgIpc) is 2.66. The van der Waals surface area contributed by atoms with Gasteiger partial charge in [0.2, 0.25) is 15.9 Å². The second-order valence-corrected chi connectivity index (χ2v) is 8.43. The molecule has 1 aliphatic rings. The molecule has 0 aromatic heterocycles. The van der Waals surface area contributed by atoms with Crippen LogP contribution in [0.4, 0.5) is 0 Å². The number of aryl methyl sites for hydroxylation is 1. The van der Waals surface area contributed by atoms with Crippen LogP contribution in [0.1, 0.15) is 18.9 Å². The number of rotatable bonds is 7. The van der Waals surface area contributed by atoms with Crippen LogP contribution in [0.25, 0.3) is 0 Å². The molecule has 0 unspecified atom stereocenters. The van der Waals surface area contributed by atoms with Crippen LogP contribution in [-0.4, -0.2) is 74.7 Å². The van der Waals surface area contributed by atoms with Crippen LogP contribution in [0.3, 0.4) is 0 Å². The summed E-state index contributed by atoms with van der Waals surface area (Å²) in [6, 6.07) is 6.63. The molecule has 0 aliphatic carbocycles. The molecule has 2 amide bonds. The first kappa shape index (κ1) is 21.8. The monoisotopic (exact) mass is 411 g/mol. The van der Waals surface area contributed by atoms with Gasteiger partial charge in [-0.15, -0.1) is 0 Å². The van der Waals surface area contributed by atoms with Gasteiger partial charge in [0.1, 0.15) is 0 Å². The first-order valence-electron chi connectivity index (χ1n) is 8.95. The van der Waals surface area contributed by atoms with E-state index in [1.165, 1.54) is 16.1 Å². The fourth-order valence-corrected chi connectivity index (χ4v) is 4.11. The van der Waals surface area contributed by atoms with Crippen LogP contribution in [0.2, 0.25) is 0 Å². The number of nitrogens with one attached hydrogen (secondary N) is 1. The Bertz CT molecular complexity index is 814. The summed E-state index contributed by atoms with van der Waals surface area (Å²) in [6.45, 7) is 3.79. The summed E-state index contributed by atoms with van der Waals surface area (Å²) in [7, 11) is -3.60. The van der Waals surface area contributed by atoms with Crippen molar-refractivity contribution in [3.8, 4) is 0 Å². The van der Waals surface area contributed by atoms with Crippen molar-refractivity contribution < 1.29 is 27.5 Å². The zero-order chi connectivity index (χ0) is 20.7. The molecular formula is C18H25N3O6S. The Kier molecular flexibility index (Phi) is 7.53. The molecule has 0 saturated carbocycles. The van der Waals surface area contributed by atoms with E-state index < -0.39 is 22.6 Å². The van der Waals surface area contributed by atoms with E-state index in [2.05, 4.69) is 5.32 Å². The van der Waals surface area contributed by atoms with Crippen molar-refractivity contribution >= 4 is 27.8 Å². The predicted octanol–water partition coefficient (Wildman–Crippen LogP) is -0.103. The highest BCUT2D eigenvalue weighted by atomic mass is 32.2. The smallest absolute Gasteiger partial charge is 0.308 e. The third-order valence-corrected chi connectivity index (χ3v) is 6.22. The minimum Gasteiger partial charge on any atom is -0.456 e. The molecule has 0 spiro atoms. The molecule has 0 radical (unpaired) electrons. The number of piperazine rings is 1. The number of nitrogens with zero attached hydrogens (tertiary/aromatic N) is 2. The second kappa shape index (κ2) is 9.65. The lowest BCUT2D eigenvalue weighted by molar-refractivity contribution is -0.152. The van der Waals surface area contributed by atoms with Crippen molar-refractivity contribution in [2.75, 3.05) is 39.3 Å². The van der Waals surface area contributed by atoms with Crippen LogP contribution in [0.15, 0.2) is 29.2 Å². The Labute approximate surface area is 164 Å². The summed E-state index contributed by atoms with van der Waals surface area (Å²) in [5.41, 5.74) is 0.973. The molecule has 1 aromatic rings. The Morgan fingerprint density at radius 1 is 1.07 bits per heavy atom. The van der Waals surface area contributed by atoms with E-state index in [9.17, 15) is 22.8 Å². The molecule has 10 heteroatoms. The number of carbonyl (C=O) groups excluding carboxylic acids is 3. The Hall–Kier alpha value is -2.46. The fraction of sp³-hybridized carbons (Fsp3) is 0.500. The fourth-order valence-electron chi connectivity index (χ4n) is 2.68. The molecule has 28 heavy (non-hydrogen) atoms. The summed E-state index contributed by atoms with van der Waals surface area (Å²) in [4.78, 5) is 36.1. The van der Waals surface area contributed by atoms with Crippen LogP contribution in [0, 0.1) is 6.92 Å². The molecule has 2 rings (SSSR count). The van der Waals surface area contributed by atoms with E-state index >= 15 is 0 Å². The van der Waals surface area contributed by atoms with Gasteiger partial charge in [0.15, 0.2) is 6.61 Å². The minimum atomic E-state index is -3.60. The van der Waals surface area contributed by atoms with Gasteiger partial charge in [0, 0.05) is 39.6 Å². The van der Waals surface area contributed by atoms with Crippen molar-refractivity contribution in [1.82, 2.24) is 14.5 Å². The molecule has 1 fully saturated rings. The number of benzene rings is 1. The largest absolute Gasteiger partial charge is 0.456 e. The predicted molar refractivity (Wildman–Crippen MR) is 101 cm³/mol. The Morgan fingerprint density at radius 3 is 2.25 bits per heavy atom. The summed E-state index contributed by atoms with van der Waals surface area (Å²) in [6.07, 6.45) is -0.0184. The molecule has 1 heterocycles. The SMILES string of the molecule is CC(=O)NCCC(=O)OCC(=O)N1CCN(S(=O)(=O)c2ccc(C)cc2)CC1. The number of carbonyl (C=O) groups is 3. The molecule has 0 bridgehead atoms. The van der Waals surface area contributed by atoms with Crippen LogP contribution < -0.4 is 5.32 Å². The van der Waals surface area contributed by atoms with Gasteiger partial charge in [-0.1, -0.05) is 17.7 Å². The molecule has 1 saturated heterocycles. The lowest BCUT2D eigenvalue weighted by Crippen LogP contribution is -2.51. The lowest BCUT2D eigenvalue weighted by atomic mass is 10.2. The van der Waals surface area contributed by atoms with E-state index in [0.29, 0.717) is 0 Å². The van der Waals surface area contributed by atoms with E-state index in [0.717, 1.165) is 5.56 Å². The lowest BCUT2D eigenvalue weighted by Gasteiger charge is -2.33. The van der Waals surface area contributed by atoms with Gasteiger partial charge in [-0.05, 0) is 19.1 Å². The van der Waals surface area contributed by atoms with Gasteiger partial charge in [-0.3, -0.25) is 14.4 Å². The van der Waals surface area contributed by atoms with Crippen LogP contribution >= 0.6 is 0 Å². The zero-order valence-electron chi connectivity index (χ0n) is 16.0. The molecular weight excluding hydrogens is 386 g/mol. The van der Waals surface area contributed by atoms with Crippen molar-refractivity contribution in [2.24, 2.45) is 0 Å². The summed E-state index contributed by atoms with van der Waals surface area (Å²) in [5, 5.41) is 2.47. The standard InChI is InChI=1S/C18H25N3O6S/c1-14-3-5-16(6-4-14)28(25,26)21-11-9-20(10-12-21)17(23)13-27-18(24)7-8-19-15(2)22/h3-6H,7-13H2,1-2H3,(H,19,22). The highest BCUT2D eigenvalue weighted by molar-refractivity contribution is 7.89. The summed E-state index contributed by atoms with van der Waals surface area (Å²) >= 11 is 0. The van der Waals surface area contributed by atoms with Gasteiger partial charge >= 0.3 is 5.97 Å². The molecule has 154 valence electrons. The van der Waals surface area contributed by atoms with Gasteiger partial charge in [0.05, 0.1) is 11.3 Å². The van der Waals surface area contributed by atoms with Crippen molar-refractivity contribution in [3.05, 3.63) is 29.8 Å². The van der Waals surface area contributed by atoms with E-state index in [1.54, 1.807) is 24.3 Å². The van der Waals surface area contributed by atoms with Gasteiger partial charge in [-0.2, -0.15) is 4.31 Å². The van der Waals surface area contributed by atoms with E-state index in [4.69, 9.17) is 4.74 Å². The summed E-state index contributed by atoms with van der Waals surface area (Å²) in [5.74, 6) is -1.20. The molecule has 1 aliphatic heterocycles. The Balaban J connectivity index is 1.79. The van der Waals surface area contributed by atoms with Crippen LogP contribution in [0.5, 0.6) is 0 Å². The average molecular weight is 411 g/mol. The van der Waals surface area contributed by atoms with Crippen molar-refractivity contribution in [1.29, 1.82) is 0 Å². The van der Waals surface area contributed by atoms with Crippen LogP contribution in [-0.2, 0) is 29.1 Å². The number of sulfonamides is 1. The maximum absolute atomic E-state index is 12.7. The molecule has 0 atom stereocenters. The number of hydrogen-bond donors (Lipinski definition) is 1. The quantitative estimate of drug-likeness (QED) is 0.627. The van der Waals surface area contributed by atoms with Gasteiger partial charge in [0.25, 0.3) is 5.91 Å². The molecule has 1 aromatic carbocycles. The number of ether oxygens (including phenoxy) is 1. The maximum Gasteiger partial charge on any atom is 0.308 e. The third kappa shape index (κ3) is 6.03. The second-order valence-electron chi connectivity index (χ2n) is 6.49. The van der Waals surface area contributed by atoms with E-state index in [-0.39, 0.29) is 55.9 Å². The van der Waals surface area contributed by atoms with E-state index in [1.807, 2.05) is 6.92 Å². The summed E-state index contributed by atoms with van der Waals surface area (Å²) < 4.78 is 31.6. The van der Waals surface area contributed by atoms with Crippen molar-refractivity contribution in [3.63, 3.8) is 0 Å². The highest BCUT2D eigenvalue weighted by Gasteiger charge is 2.30. The van der Waals surface area contributed by atoms with Gasteiger partial charge in [-0.25, -0.2) is 8.42 Å². The first-order chi connectivity index (χ1) is 13.2. The third-order valence-electron chi connectivity index (χ3n) is 4.31. The molecule has 1 N–H and O–H groups in total. The maximum atomic E-state index is 12.7. The topological polar surface area (TPSA) is 113 Å². The van der Waals surface area contributed by atoms with Gasteiger partial charge < -0.3 is 15.0 Å². The number of esters is 1. The number of hydrogen-bond acceptors (Lipinski definition) is 6. The highest BCUT2D eigenvalue weighted by Crippen LogP contribution is 2.18. The zero-order valence-corrected chi connectivity index (χ0v) is 16.8. The first-order valence-corrected chi connectivity index (χ1v) is 10.4. The number of amides is 2.